The molecule has 1 aromatic heterocycles. The first-order valence-corrected chi connectivity index (χ1v) is 6.01. The van der Waals surface area contributed by atoms with E-state index in [1.807, 2.05) is 25.2 Å². The molecule has 2 aromatic rings. The Bertz CT molecular complexity index is 414. The normalized spacial score (nSPS) is 13.1. The van der Waals surface area contributed by atoms with Crippen molar-refractivity contribution >= 4 is 11.0 Å². The highest BCUT2D eigenvalue weighted by Gasteiger charge is 2.13. The molecule has 0 aliphatic carbocycles. The first kappa shape index (κ1) is 11.2. The van der Waals surface area contributed by atoms with Crippen LogP contribution in [0.5, 0.6) is 0 Å². The fourth-order valence-electron chi connectivity index (χ4n) is 2.01. The van der Waals surface area contributed by atoms with Crippen LogP contribution in [0.15, 0.2) is 34.7 Å². The van der Waals surface area contributed by atoms with Crippen molar-refractivity contribution in [2.45, 2.75) is 32.2 Å². The number of para-hydroxylation sites is 1. The van der Waals surface area contributed by atoms with Crippen molar-refractivity contribution in [3.05, 3.63) is 36.1 Å². The second kappa shape index (κ2) is 5.17. The van der Waals surface area contributed by atoms with Crippen molar-refractivity contribution in [2.75, 3.05) is 7.05 Å². The minimum atomic E-state index is 0.340. The lowest BCUT2D eigenvalue weighted by molar-refractivity contribution is 0.423. The summed E-state index contributed by atoms with van der Waals surface area (Å²) in [6, 6.07) is 10.7. The molecule has 1 aromatic carbocycles. The minimum Gasteiger partial charge on any atom is -0.459 e. The van der Waals surface area contributed by atoms with Gasteiger partial charge in [0.15, 0.2) is 0 Å². The molecule has 0 fully saturated rings. The predicted molar refractivity (Wildman–Crippen MR) is 67.5 cm³/mol. The quantitative estimate of drug-likeness (QED) is 0.822. The Labute approximate surface area is 96.6 Å². The summed E-state index contributed by atoms with van der Waals surface area (Å²) in [5.74, 6) is 1.05. The molecule has 1 atom stereocenters. The largest absolute Gasteiger partial charge is 0.459 e. The molecule has 2 heteroatoms. The van der Waals surface area contributed by atoms with Gasteiger partial charge in [0.25, 0.3) is 0 Å². The van der Waals surface area contributed by atoms with Gasteiger partial charge in [0.05, 0.1) is 6.04 Å². The smallest absolute Gasteiger partial charge is 0.134 e. The van der Waals surface area contributed by atoms with Crippen LogP contribution in [0.3, 0.4) is 0 Å². The van der Waals surface area contributed by atoms with E-state index in [0.29, 0.717) is 6.04 Å². The fourth-order valence-corrected chi connectivity index (χ4v) is 2.01. The minimum absolute atomic E-state index is 0.340. The Morgan fingerprint density at radius 3 is 2.81 bits per heavy atom. The topological polar surface area (TPSA) is 25.2 Å². The molecule has 2 rings (SSSR count). The van der Waals surface area contributed by atoms with Gasteiger partial charge in [0, 0.05) is 5.39 Å². The molecule has 16 heavy (non-hydrogen) atoms. The molecular formula is C14H19NO. The standard InChI is InChI=1S/C14H19NO/c1-3-4-8-12(15-2)14-10-11-7-5-6-9-13(11)16-14/h5-7,9-10,12,15H,3-4,8H2,1-2H3. The molecule has 0 amide bonds. The first-order valence-electron chi connectivity index (χ1n) is 6.01. The van der Waals surface area contributed by atoms with Crippen molar-refractivity contribution in [2.24, 2.45) is 0 Å². The number of fused-ring (bicyclic) bond motifs is 1. The second-order valence-corrected chi connectivity index (χ2v) is 4.17. The summed E-state index contributed by atoms with van der Waals surface area (Å²) in [6.07, 6.45) is 3.58. The number of benzene rings is 1. The maximum absolute atomic E-state index is 5.86. The second-order valence-electron chi connectivity index (χ2n) is 4.17. The monoisotopic (exact) mass is 217 g/mol. The van der Waals surface area contributed by atoms with Crippen LogP contribution in [0.2, 0.25) is 0 Å². The summed E-state index contributed by atoms with van der Waals surface area (Å²) in [5.41, 5.74) is 0.981. The predicted octanol–water partition coefficient (Wildman–Crippen LogP) is 3.88. The molecule has 0 aliphatic rings. The van der Waals surface area contributed by atoms with E-state index in [-0.39, 0.29) is 0 Å². The summed E-state index contributed by atoms with van der Waals surface area (Å²) >= 11 is 0. The van der Waals surface area contributed by atoms with Crippen molar-refractivity contribution in [1.82, 2.24) is 5.32 Å². The Balaban J connectivity index is 2.23. The molecule has 1 heterocycles. The van der Waals surface area contributed by atoms with E-state index in [1.165, 1.54) is 18.2 Å². The van der Waals surface area contributed by atoms with E-state index in [2.05, 4.69) is 24.4 Å². The zero-order valence-electron chi connectivity index (χ0n) is 9.99. The van der Waals surface area contributed by atoms with Gasteiger partial charge in [0.2, 0.25) is 0 Å². The van der Waals surface area contributed by atoms with Crippen LogP contribution >= 0.6 is 0 Å². The summed E-state index contributed by atoms with van der Waals surface area (Å²) < 4.78 is 5.86. The first-order chi connectivity index (χ1) is 7.85. The molecule has 0 bridgehead atoms. The number of rotatable bonds is 5. The molecule has 0 saturated carbocycles. The molecule has 1 N–H and O–H groups in total. The summed E-state index contributed by atoms with van der Waals surface area (Å²) in [5, 5.41) is 4.51. The Kier molecular flexibility index (Phi) is 3.62. The fraction of sp³-hybridized carbons (Fsp3) is 0.429. The molecule has 2 nitrogen and oxygen atoms in total. The third-order valence-corrected chi connectivity index (χ3v) is 2.98. The number of nitrogens with one attached hydrogen (secondary N) is 1. The molecule has 1 unspecified atom stereocenters. The lowest BCUT2D eigenvalue weighted by atomic mass is 10.1. The van der Waals surface area contributed by atoms with E-state index in [0.717, 1.165) is 17.8 Å². The van der Waals surface area contributed by atoms with Gasteiger partial charge in [-0.05, 0) is 25.6 Å². The highest BCUT2D eigenvalue weighted by molar-refractivity contribution is 5.77. The van der Waals surface area contributed by atoms with Gasteiger partial charge in [-0.2, -0.15) is 0 Å². The number of hydrogen-bond acceptors (Lipinski definition) is 2. The van der Waals surface area contributed by atoms with Crippen molar-refractivity contribution in [1.29, 1.82) is 0 Å². The SMILES string of the molecule is CCCCC(NC)c1cc2ccccc2o1. The number of hydrogen-bond donors (Lipinski definition) is 1. The Hall–Kier alpha value is -1.28. The average molecular weight is 217 g/mol. The average Bonchev–Trinajstić information content (AvgIpc) is 2.73. The van der Waals surface area contributed by atoms with E-state index >= 15 is 0 Å². The van der Waals surface area contributed by atoms with Gasteiger partial charge in [-0.3, -0.25) is 0 Å². The van der Waals surface area contributed by atoms with Crippen LogP contribution in [-0.4, -0.2) is 7.05 Å². The maximum atomic E-state index is 5.86. The van der Waals surface area contributed by atoms with Crippen LogP contribution in [0.1, 0.15) is 38.0 Å². The Morgan fingerprint density at radius 2 is 2.12 bits per heavy atom. The van der Waals surface area contributed by atoms with Crippen molar-refractivity contribution in [3.63, 3.8) is 0 Å². The summed E-state index contributed by atoms with van der Waals surface area (Å²) in [4.78, 5) is 0. The molecular weight excluding hydrogens is 198 g/mol. The van der Waals surface area contributed by atoms with Crippen LogP contribution < -0.4 is 5.32 Å². The number of unbranched alkanes of at least 4 members (excludes halogenated alkanes) is 1. The summed E-state index contributed by atoms with van der Waals surface area (Å²) in [6.45, 7) is 2.21. The zero-order chi connectivity index (χ0) is 11.4. The lowest BCUT2D eigenvalue weighted by Crippen LogP contribution is -2.15. The van der Waals surface area contributed by atoms with Gasteiger partial charge in [-0.25, -0.2) is 0 Å². The van der Waals surface area contributed by atoms with Crippen LogP contribution in [0.4, 0.5) is 0 Å². The van der Waals surface area contributed by atoms with Crippen LogP contribution in [0, 0.1) is 0 Å². The maximum Gasteiger partial charge on any atom is 0.134 e. The van der Waals surface area contributed by atoms with Crippen molar-refractivity contribution < 1.29 is 4.42 Å². The van der Waals surface area contributed by atoms with E-state index in [4.69, 9.17) is 4.42 Å². The molecule has 0 saturated heterocycles. The molecule has 0 spiro atoms. The molecule has 0 aliphatic heterocycles. The van der Waals surface area contributed by atoms with Crippen molar-refractivity contribution in [3.8, 4) is 0 Å². The van der Waals surface area contributed by atoms with E-state index < -0.39 is 0 Å². The van der Waals surface area contributed by atoms with Gasteiger partial charge in [-0.1, -0.05) is 38.0 Å². The van der Waals surface area contributed by atoms with E-state index in [1.54, 1.807) is 0 Å². The highest BCUT2D eigenvalue weighted by atomic mass is 16.3. The molecule has 0 radical (unpaired) electrons. The van der Waals surface area contributed by atoms with Gasteiger partial charge in [-0.15, -0.1) is 0 Å². The van der Waals surface area contributed by atoms with Gasteiger partial charge < -0.3 is 9.73 Å². The zero-order valence-corrected chi connectivity index (χ0v) is 9.99. The third kappa shape index (κ3) is 2.27. The van der Waals surface area contributed by atoms with Gasteiger partial charge >= 0.3 is 0 Å². The molecule has 86 valence electrons. The van der Waals surface area contributed by atoms with E-state index in [9.17, 15) is 0 Å². The Morgan fingerprint density at radius 1 is 1.31 bits per heavy atom. The lowest BCUT2D eigenvalue weighted by Gasteiger charge is -2.12. The van der Waals surface area contributed by atoms with Crippen LogP contribution in [0.25, 0.3) is 11.0 Å². The number of furan rings is 1. The third-order valence-electron chi connectivity index (χ3n) is 2.98. The highest BCUT2D eigenvalue weighted by Crippen LogP contribution is 2.26. The van der Waals surface area contributed by atoms with Gasteiger partial charge in [0.1, 0.15) is 11.3 Å². The van der Waals surface area contributed by atoms with Crippen LogP contribution in [-0.2, 0) is 0 Å². The summed E-state index contributed by atoms with van der Waals surface area (Å²) in [7, 11) is 1.99.